The van der Waals surface area contributed by atoms with Gasteiger partial charge >= 0.3 is 51.4 Å². The zero-order valence-corrected chi connectivity index (χ0v) is 14.2. The number of halogens is 1. The van der Waals surface area contributed by atoms with E-state index in [1.165, 1.54) is 16.7 Å². The normalized spacial score (nSPS) is 36.6. The first-order valence-corrected chi connectivity index (χ1v) is 6.01. The Kier molecular flexibility index (Phi) is 4.42. The fourth-order valence-electron chi connectivity index (χ4n) is 1.95. The zero-order valence-electron chi connectivity index (χ0n) is 8.69. The average Bonchev–Trinajstić information content (AvgIpc) is 2.34. The molecule has 0 aromatic heterocycles. The number of carboxylic acids is 1. The number of nitrogens with zero attached hydrogens (tertiary/aromatic N) is 1. The Morgan fingerprint density at radius 1 is 1.60 bits per heavy atom. The van der Waals surface area contributed by atoms with E-state index in [2.05, 4.69) is 15.9 Å². The van der Waals surface area contributed by atoms with E-state index in [0.29, 0.717) is 0 Å². The summed E-state index contributed by atoms with van der Waals surface area (Å²) in [5, 5.41) is 10.9. The van der Waals surface area contributed by atoms with E-state index in [-0.39, 0.29) is 67.5 Å². The van der Waals surface area contributed by atoms with Crippen molar-refractivity contribution in [2.45, 2.75) is 34.8 Å². The molecule has 2 aliphatic rings. The van der Waals surface area contributed by atoms with Crippen LogP contribution in [0.5, 0.6) is 0 Å². The van der Waals surface area contributed by atoms with Crippen LogP contribution in [0.4, 0.5) is 0 Å². The van der Waals surface area contributed by atoms with Gasteiger partial charge in [0.05, 0.1) is 12.0 Å². The van der Waals surface area contributed by atoms with Crippen molar-refractivity contribution in [2.75, 3.05) is 0 Å². The van der Waals surface area contributed by atoms with Crippen LogP contribution in [0.2, 0.25) is 0 Å². The van der Waals surface area contributed by atoms with Gasteiger partial charge in [-0.2, -0.15) is 0 Å². The molecule has 1 amide bonds. The van der Waals surface area contributed by atoms with Crippen LogP contribution in [0.15, 0.2) is 0 Å². The fraction of sp³-hybridized carbons (Fsp3) is 0.750. The molecule has 2 aliphatic heterocycles. The van der Waals surface area contributed by atoms with Gasteiger partial charge in [-0.1, -0.05) is 15.9 Å². The van der Waals surface area contributed by atoms with E-state index in [1.807, 2.05) is 13.8 Å². The predicted molar refractivity (Wildman–Crippen MR) is 53.8 cm³/mol. The minimum atomic E-state index is -1.17. The summed E-state index contributed by atoms with van der Waals surface area (Å²) in [6.07, 6.45) is 0. The molecule has 78 valence electrons. The predicted octanol–water partition coefficient (Wildman–Crippen LogP) is -3.43. The molecule has 2 rings (SSSR count). The standard InChI is InChI=1S/C8H10BrNO3S.K/c1-8(2)4(7(12)13)10-5(11)3(9)6(10)14-8;/h3-4,6H,1-2H3,(H,12,13);/q;+1/p-1/t3-,4-,6+;/m0./s1. The number of β-lactam (4-membered cyclic amide) rings is 1. The van der Waals surface area contributed by atoms with Gasteiger partial charge in [-0.25, -0.2) is 0 Å². The first kappa shape index (κ1) is 14.5. The third-order valence-corrected chi connectivity index (χ3v) is 5.41. The van der Waals surface area contributed by atoms with E-state index in [1.54, 1.807) is 0 Å². The summed E-state index contributed by atoms with van der Waals surface area (Å²) in [5.74, 6) is -1.32. The van der Waals surface area contributed by atoms with Gasteiger partial charge < -0.3 is 14.8 Å². The van der Waals surface area contributed by atoms with E-state index in [4.69, 9.17) is 0 Å². The van der Waals surface area contributed by atoms with Crippen LogP contribution >= 0.6 is 27.7 Å². The molecule has 0 radical (unpaired) electrons. The first-order valence-electron chi connectivity index (χ1n) is 4.21. The van der Waals surface area contributed by atoms with Crippen molar-refractivity contribution < 1.29 is 66.1 Å². The van der Waals surface area contributed by atoms with Crippen LogP contribution < -0.4 is 56.5 Å². The number of amides is 1. The van der Waals surface area contributed by atoms with Gasteiger partial charge in [0.1, 0.15) is 10.2 Å². The summed E-state index contributed by atoms with van der Waals surface area (Å²) < 4.78 is -0.471. The molecule has 2 fully saturated rings. The number of rotatable bonds is 1. The van der Waals surface area contributed by atoms with Crippen molar-refractivity contribution in [2.24, 2.45) is 0 Å². The smallest absolute Gasteiger partial charge is 0.548 e. The number of hydrogen-bond donors (Lipinski definition) is 0. The van der Waals surface area contributed by atoms with E-state index < -0.39 is 16.8 Å². The van der Waals surface area contributed by atoms with E-state index >= 15 is 0 Å². The average molecular weight is 318 g/mol. The summed E-state index contributed by atoms with van der Waals surface area (Å²) in [5.41, 5.74) is 0. The summed E-state index contributed by atoms with van der Waals surface area (Å²) in [6, 6.07) is -0.807. The summed E-state index contributed by atoms with van der Waals surface area (Å²) in [7, 11) is 0. The third-order valence-electron chi connectivity index (χ3n) is 2.60. The van der Waals surface area contributed by atoms with Gasteiger partial charge in [-0.15, -0.1) is 11.8 Å². The second-order valence-electron chi connectivity index (χ2n) is 3.98. The first-order chi connectivity index (χ1) is 6.36. The molecule has 0 aromatic rings. The molecule has 0 aliphatic carbocycles. The number of aliphatic carboxylic acids is 1. The molecule has 15 heavy (non-hydrogen) atoms. The quantitative estimate of drug-likeness (QED) is 0.287. The Hall–Kier alpha value is 1.41. The number of carbonyl (C=O) groups excluding carboxylic acids is 2. The van der Waals surface area contributed by atoms with Crippen molar-refractivity contribution in [3.05, 3.63) is 0 Å². The monoisotopic (exact) mass is 317 g/mol. The second kappa shape index (κ2) is 4.59. The van der Waals surface area contributed by atoms with Crippen molar-refractivity contribution in [1.82, 2.24) is 4.90 Å². The third kappa shape index (κ3) is 2.09. The molecule has 0 spiro atoms. The van der Waals surface area contributed by atoms with E-state index in [9.17, 15) is 14.7 Å². The molecule has 0 aromatic carbocycles. The molecule has 0 unspecified atom stereocenters. The van der Waals surface area contributed by atoms with Crippen molar-refractivity contribution in [1.29, 1.82) is 0 Å². The molecule has 0 saturated carbocycles. The Balaban J connectivity index is 0.00000112. The van der Waals surface area contributed by atoms with E-state index in [0.717, 1.165) is 0 Å². The van der Waals surface area contributed by atoms with Crippen molar-refractivity contribution in [3.63, 3.8) is 0 Å². The minimum absolute atomic E-state index is 0. The van der Waals surface area contributed by atoms with Crippen LogP contribution in [0.3, 0.4) is 0 Å². The van der Waals surface area contributed by atoms with Gasteiger partial charge in [-0.05, 0) is 13.8 Å². The SMILES string of the molecule is CC1(C)S[C@@H]2[C@@H](Br)C(=O)N2[C@H]1C(=O)[O-].[K+]. The molecule has 2 saturated heterocycles. The maximum absolute atomic E-state index is 11.4. The van der Waals surface area contributed by atoms with Crippen molar-refractivity contribution in [3.8, 4) is 0 Å². The molecule has 0 N–H and O–H groups in total. The number of fused-ring (bicyclic) bond motifs is 1. The van der Waals surface area contributed by atoms with Crippen LogP contribution in [-0.2, 0) is 9.59 Å². The molecule has 0 bridgehead atoms. The summed E-state index contributed by atoms with van der Waals surface area (Å²) >= 11 is 4.74. The molecular formula is C8H9BrKNO3S. The maximum Gasteiger partial charge on any atom is 1.00 e. The van der Waals surface area contributed by atoms with Crippen LogP contribution in [0, 0.1) is 0 Å². The summed E-state index contributed by atoms with van der Waals surface area (Å²) in [6.45, 7) is 3.65. The number of carboxylic acid groups (broad SMARTS) is 1. The Labute approximate surface area is 143 Å². The number of thioether (sulfide) groups is 1. The number of hydrogen-bond acceptors (Lipinski definition) is 4. The number of carbonyl (C=O) groups is 2. The van der Waals surface area contributed by atoms with Crippen LogP contribution in [0.25, 0.3) is 0 Å². The summed E-state index contributed by atoms with van der Waals surface area (Å²) in [4.78, 5) is 23.5. The Bertz CT molecular complexity index is 325. The Morgan fingerprint density at radius 2 is 2.13 bits per heavy atom. The molecular weight excluding hydrogens is 309 g/mol. The van der Waals surface area contributed by atoms with Gasteiger partial charge in [0.15, 0.2) is 0 Å². The molecule has 3 atom stereocenters. The molecule has 4 nitrogen and oxygen atoms in total. The van der Waals surface area contributed by atoms with Crippen LogP contribution in [-0.4, -0.2) is 37.8 Å². The minimum Gasteiger partial charge on any atom is -0.548 e. The Morgan fingerprint density at radius 3 is 2.60 bits per heavy atom. The van der Waals surface area contributed by atoms with Gasteiger partial charge in [-0.3, -0.25) is 4.79 Å². The van der Waals surface area contributed by atoms with Crippen LogP contribution in [0.1, 0.15) is 13.8 Å². The van der Waals surface area contributed by atoms with Gasteiger partial charge in [0.2, 0.25) is 5.91 Å². The zero-order chi connectivity index (χ0) is 10.7. The van der Waals surface area contributed by atoms with Gasteiger partial charge in [0, 0.05) is 4.75 Å². The van der Waals surface area contributed by atoms with Crippen molar-refractivity contribution >= 4 is 39.6 Å². The fourth-order valence-corrected chi connectivity index (χ4v) is 4.30. The second-order valence-corrected chi connectivity index (χ2v) is 6.74. The molecule has 2 heterocycles. The largest absolute Gasteiger partial charge is 1.00 e. The molecule has 7 heteroatoms. The maximum atomic E-state index is 11.4. The topological polar surface area (TPSA) is 60.4 Å². The van der Waals surface area contributed by atoms with Gasteiger partial charge in [0.25, 0.3) is 0 Å². The number of alkyl halides is 1.